The van der Waals surface area contributed by atoms with Gasteiger partial charge in [0.15, 0.2) is 16.4 Å². The van der Waals surface area contributed by atoms with Crippen molar-refractivity contribution in [3.63, 3.8) is 0 Å². The first kappa shape index (κ1) is 46.7. The highest BCUT2D eigenvalue weighted by Gasteiger charge is 2.31. The number of thiazole rings is 1. The molecule has 1 unspecified atom stereocenters. The molecule has 72 heavy (non-hydrogen) atoms. The first-order valence-electron chi connectivity index (χ1n) is 24.8. The number of pyridine rings is 1. The molecule has 4 aromatic carbocycles. The molecule has 3 aromatic heterocycles. The molecular weight excluding hydrogens is 931 g/mol. The zero-order valence-electron chi connectivity index (χ0n) is 39.9. The fourth-order valence-electron chi connectivity index (χ4n) is 10.4. The number of nitrogens with one attached hydrogen (secondary N) is 2. The quantitative estimate of drug-likeness (QED) is 0.104. The number of carbonyl (C=O) groups is 4. The molecule has 1 aliphatic carbocycles. The first-order valence-corrected chi connectivity index (χ1v) is 25.6. The molecule has 4 aliphatic rings. The number of para-hydroxylation sites is 1. The number of hydrogen-bond acceptors (Lipinski definition) is 13. The number of amides is 3. The number of piperazine rings is 1. The van der Waals surface area contributed by atoms with Crippen molar-refractivity contribution in [1.29, 1.82) is 0 Å². The minimum atomic E-state index is -1.11. The molecule has 3 fully saturated rings. The number of aromatic nitrogens is 3. The average Bonchev–Trinajstić information content (AvgIpc) is 4.02. The molecule has 6 heterocycles. The summed E-state index contributed by atoms with van der Waals surface area (Å²) < 4.78 is 13.6. The fraction of sp³-hybridized carbons (Fsp3) is 0.345. The Bertz CT molecular complexity index is 3270. The van der Waals surface area contributed by atoms with Gasteiger partial charge in [-0.15, -0.1) is 0 Å². The highest BCUT2D eigenvalue weighted by molar-refractivity contribution is 7.22. The lowest BCUT2D eigenvalue weighted by atomic mass is 9.90. The maximum absolute atomic E-state index is 13.6. The van der Waals surface area contributed by atoms with Crippen molar-refractivity contribution < 1.29 is 33.4 Å². The van der Waals surface area contributed by atoms with E-state index in [9.17, 15) is 24.3 Å². The van der Waals surface area contributed by atoms with E-state index in [4.69, 9.17) is 24.0 Å². The Labute approximate surface area is 419 Å². The number of rotatable bonds is 11. The highest BCUT2D eigenvalue weighted by Crippen LogP contribution is 2.35. The number of anilines is 3. The van der Waals surface area contributed by atoms with Gasteiger partial charge < -0.3 is 24.1 Å². The van der Waals surface area contributed by atoms with Crippen molar-refractivity contribution in [1.82, 2.24) is 25.2 Å². The standard InChI is InChI=1S/C55H53N9O7S/c1-33-30-38(70-37-13-11-36(12-14-37)56-23-5-24-62-26-28-63(29-27-62)55-58-44-19-10-35(31-46(44)71-55)40-18-21-49(65)60-51(40)66)15-16-39(33)41-17-20-48(59-50(41)53(68)69)64-25-22-34-6-4-7-42(43(34)32-64)52(67)61-54-57-45-8-2-3-9-47(45)72-54/h2-4,6-10,15-17,19-20,30-31,36-37,40H,5,11-14,18,21-22,24-29,32H2,1H3,(H2-,57,60,61,65,66,67,68,69)/p+1. The number of aryl methyl sites for hydroxylation is 1. The molecule has 0 bridgehead atoms. The normalized spacial score (nSPS) is 19.4. The number of ether oxygens (including phenoxy) is 1. The van der Waals surface area contributed by atoms with Crippen LogP contribution in [0.1, 0.15) is 94.0 Å². The summed E-state index contributed by atoms with van der Waals surface area (Å²) in [6.07, 6.45) is 5.96. The zero-order chi connectivity index (χ0) is 49.3. The SMILES string of the molecule is Cc1cc(OC2CCC([N+]#CCCN3CCN(c4nc5ccc(C6CCC(=O)NC6=O)cc5o4)CC3)CC2)ccc1-c1ccc(N2CCc3cccc(C(=O)Nc4nc5ccccc5s4)c3C2)nc1C(=O)O. The van der Waals surface area contributed by atoms with Gasteiger partial charge in [0.2, 0.25) is 11.8 Å². The molecule has 3 aliphatic heterocycles. The van der Waals surface area contributed by atoms with Crippen LogP contribution in [-0.2, 0) is 22.6 Å². The van der Waals surface area contributed by atoms with Crippen LogP contribution in [0.2, 0.25) is 0 Å². The van der Waals surface area contributed by atoms with E-state index in [0.29, 0.717) is 66.0 Å². The number of imide groups is 1. The minimum absolute atomic E-state index is 0.0302. The summed E-state index contributed by atoms with van der Waals surface area (Å²) in [5.41, 5.74) is 7.76. The molecule has 1 saturated carbocycles. The number of piperidine rings is 1. The third kappa shape index (κ3) is 9.97. The first-order chi connectivity index (χ1) is 35.1. The number of benzene rings is 4. The van der Waals surface area contributed by atoms with Crippen LogP contribution in [0.4, 0.5) is 17.0 Å². The molecular formula is C55H54N9O7S+. The third-order valence-corrected chi connectivity index (χ3v) is 15.3. The third-order valence-electron chi connectivity index (χ3n) is 14.4. The number of carboxylic acid groups (broad SMARTS) is 1. The van der Waals surface area contributed by atoms with E-state index in [1.54, 1.807) is 0 Å². The molecule has 1 atom stereocenters. The number of carbonyl (C=O) groups excluding carboxylic acids is 3. The molecule has 16 nitrogen and oxygen atoms in total. The average molecular weight is 985 g/mol. The van der Waals surface area contributed by atoms with E-state index in [1.807, 2.05) is 103 Å². The second-order valence-electron chi connectivity index (χ2n) is 19.0. The number of oxazole rings is 1. The van der Waals surface area contributed by atoms with E-state index >= 15 is 0 Å². The Balaban J connectivity index is 0.648. The number of aromatic carboxylic acids is 1. The lowest BCUT2D eigenvalue weighted by Gasteiger charge is -2.33. The predicted octanol–water partition coefficient (Wildman–Crippen LogP) is 9.08. The number of hydrogen-bond donors (Lipinski definition) is 3. The van der Waals surface area contributed by atoms with Gasteiger partial charge in [-0.25, -0.2) is 14.8 Å². The maximum Gasteiger partial charge on any atom is 0.355 e. The zero-order valence-corrected chi connectivity index (χ0v) is 40.8. The summed E-state index contributed by atoms with van der Waals surface area (Å²) in [5.74, 6) is -0.911. The smallest absolute Gasteiger partial charge is 0.355 e. The molecule has 2 saturated heterocycles. The molecule has 366 valence electrons. The van der Waals surface area contributed by atoms with Crippen LogP contribution >= 0.6 is 11.3 Å². The van der Waals surface area contributed by atoms with Crippen LogP contribution < -0.4 is 25.2 Å². The summed E-state index contributed by atoms with van der Waals surface area (Å²) in [6, 6.07) is 32.9. The van der Waals surface area contributed by atoms with Crippen molar-refractivity contribution in [3.05, 3.63) is 129 Å². The second kappa shape index (κ2) is 20.2. The Kier molecular flexibility index (Phi) is 13.1. The second-order valence-corrected chi connectivity index (χ2v) is 20.1. The lowest BCUT2D eigenvalue weighted by molar-refractivity contribution is -0.134. The Morgan fingerprint density at radius 2 is 1.69 bits per heavy atom. The number of fused-ring (bicyclic) bond motifs is 3. The van der Waals surface area contributed by atoms with Crippen LogP contribution in [0.15, 0.2) is 95.4 Å². The van der Waals surface area contributed by atoms with Gasteiger partial charge in [0.1, 0.15) is 17.1 Å². The minimum Gasteiger partial charge on any atom is -0.490 e. The summed E-state index contributed by atoms with van der Waals surface area (Å²) in [4.78, 5) is 75.8. The van der Waals surface area contributed by atoms with E-state index < -0.39 is 5.97 Å². The van der Waals surface area contributed by atoms with Crippen LogP contribution in [0.5, 0.6) is 5.75 Å². The number of nitrogens with zero attached hydrogens (tertiary/aromatic N) is 7. The van der Waals surface area contributed by atoms with Gasteiger partial charge in [0.05, 0.1) is 28.7 Å². The van der Waals surface area contributed by atoms with Crippen LogP contribution in [0, 0.1) is 13.0 Å². The van der Waals surface area contributed by atoms with E-state index in [1.165, 1.54) is 11.3 Å². The van der Waals surface area contributed by atoms with Crippen LogP contribution in [0.25, 0.3) is 37.3 Å². The van der Waals surface area contributed by atoms with Gasteiger partial charge >= 0.3 is 5.97 Å². The summed E-state index contributed by atoms with van der Waals surface area (Å²) in [7, 11) is 0. The van der Waals surface area contributed by atoms with Crippen molar-refractivity contribution >= 4 is 73.3 Å². The van der Waals surface area contributed by atoms with Crippen LogP contribution in [-0.4, -0.2) is 100 Å². The Morgan fingerprint density at radius 3 is 2.50 bits per heavy atom. The molecule has 0 radical (unpaired) electrons. The van der Waals surface area contributed by atoms with Crippen LogP contribution in [0.3, 0.4) is 0 Å². The Morgan fingerprint density at radius 1 is 0.861 bits per heavy atom. The van der Waals surface area contributed by atoms with E-state index in [2.05, 4.69) is 31.5 Å². The lowest BCUT2D eigenvalue weighted by Crippen LogP contribution is -2.46. The van der Waals surface area contributed by atoms with Gasteiger partial charge in [0, 0.05) is 76.2 Å². The molecule has 3 N–H and O–H groups in total. The van der Waals surface area contributed by atoms with Gasteiger partial charge in [-0.2, -0.15) is 4.98 Å². The summed E-state index contributed by atoms with van der Waals surface area (Å²) >= 11 is 1.43. The fourth-order valence-corrected chi connectivity index (χ4v) is 11.3. The van der Waals surface area contributed by atoms with Crippen molar-refractivity contribution in [2.75, 3.05) is 54.4 Å². The predicted molar refractivity (Wildman–Crippen MR) is 276 cm³/mol. The van der Waals surface area contributed by atoms with Gasteiger partial charge in [-0.05, 0) is 115 Å². The largest absolute Gasteiger partial charge is 0.490 e. The Hall–Kier alpha value is -7.68. The van der Waals surface area contributed by atoms with Crippen molar-refractivity contribution in [2.45, 2.75) is 82.9 Å². The van der Waals surface area contributed by atoms with E-state index in [0.717, 1.165) is 114 Å². The van der Waals surface area contributed by atoms with Crippen molar-refractivity contribution in [2.24, 2.45) is 0 Å². The molecule has 3 amide bonds. The van der Waals surface area contributed by atoms with Crippen molar-refractivity contribution in [3.8, 4) is 22.9 Å². The van der Waals surface area contributed by atoms with E-state index in [-0.39, 0.29) is 41.5 Å². The summed E-state index contributed by atoms with van der Waals surface area (Å²) in [6.45, 7) is 7.22. The summed E-state index contributed by atoms with van der Waals surface area (Å²) in [5, 5.41) is 16.4. The van der Waals surface area contributed by atoms with Gasteiger partial charge in [0.25, 0.3) is 24.0 Å². The molecule has 11 rings (SSSR count). The maximum atomic E-state index is 13.6. The van der Waals surface area contributed by atoms with Gasteiger partial charge in [-0.1, -0.05) is 52.6 Å². The van der Waals surface area contributed by atoms with Gasteiger partial charge in [-0.3, -0.25) is 29.9 Å². The molecule has 0 spiro atoms. The number of carboxylic acids is 1. The highest BCUT2D eigenvalue weighted by atomic mass is 32.1. The molecule has 17 heteroatoms. The molecule has 7 aromatic rings. The monoisotopic (exact) mass is 984 g/mol. The topological polar surface area (TPSA) is 188 Å².